The first-order chi connectivity index (χ1) is 12.2. The van der Waals surface area contributed by atoms with Crippen LogP contribution in [-0.4, -0.2) is 30.7 Å². The van der Waals surface area contributed by atoms with E-state index in [4.69, 9.17) is 4.42 Å². The Kier molecular flexibility index (Phi) is 3.97. The molecule has 25 heavy (non-hydrogen) atoms. The summed E-state index contributed by atoms with van der Waals surface area (Å²) in [5, 5.41) is 8.18. The number of nitrogens with one attached hydrogen (secondary N) is 1. The van der Waals surface area contributed by atoms with Crippen LogP contribution in [0.2, 0.25) is 0 Å². The number of hydrogen-bond donors (Lipinski definition) is 1. The topological polar surface area (TPSA) is 73.2 Å². The van der Waals surface area contributed by atoms with Gasteiger partial charge in [-0.2, -0.15) is 9.61 Å². The Morgan fingerprint density at radius 3 is 2.96 bits per heavy atom. The highest BCUT2D eigenvalue weighted by Gasteiger charge is 2.14. The van der Waals surface area contributed by atoms with E-state index in [1.807, 2.05) is 42.2 Å². The molecule has 0 aromatic carbocycles. The van der Waals surface area contributed by atoms with Gasteiger partial charge in [-0.25, -0.2) is 9.97 Å². The SMILES string of the molecule is Cc1nc2cc(-c3ccco3)nn2c(NCCCn2ccnc2)c1C. The van der Waals surface area contributed by atoms with Gasteiger partial charge in [0.1, 0.15) is 11.5 Å². The fourth-order valence-corrected chi connectivity index (χ4v) is 2.84. The monoisotopic (exact) mass is 336 g/mol. The molecule has 0 atom stereocenters. The van der Waals surface area contributed by atoms with Crippen LogP contribution in [0, 0.1) is 13.8 Å². The number of hydrogen-bond acceptors (Lipinski definition) is 5. The Morgan fingerprint density at radius 1 is 1.28 bits per heavy atom. The number of fused-ring (bicyclic) bond motifs is 1. The Labute approximate surface area is 145 Å². The van der Waals surface area contributed by atoms with Crippen molar-refractivity contribution in [3.05, 3.63) is 54.4 Å². The molecule has 0 radical (unpaired) electrons. The van der Waals surface area contributed by atoms with E-state index in [1.165, 1.54) is 0 Å². The summed E-state index contributed by atoms with van der Waals surface area (Å²) in [5.41, 5.74) is 3.69. The van der Waals surface area contributed by atoms with Gasteiger partial charge in [0, 0.05) is 42.8 Å². The molecule has 0 spiro atoms. The van der Waals surface area contributed by atoms with Crippen molar-refractivity contribution in [1.29, 1.82) is 0 Å². The van der Waals surface area contributed by atoms with Crippen molar-refractivity contribution in [2.45, 2.75) is 26.8 Å². The first kappa shape index (κ1) is 15.4. The van der Waals surface area contributed by atoms with Crippen LogP contribution in [0.5, 0.6) is 0 Å². The summed E-state index contributed by atoms with van der Waals surface area (Å²) in [7, 11) is 0. The third-order valence-electron chi connectivity index (χ3n) is 4.30. The van der Waals surface area contributed by atoms with Gasteiger partial charge in [0.2, 0.25) is 0 Å². The van der Waals surface area contributed by atoms with Gasteiger partial charge in [-0.15, -0.1) is 0 Å². The first-order valence-electron chi connectivity index (χ1n) is 8.33. The van der Waals surface area contributed by atoms with Crippen LogP contribution in [-0.2, 0) is 6.54 Å². The van der Waals surface area contributed by atoms with Crippen molar-refractivity contribution in [2.24, 2.45) is 0 Å². The van der Waals surface area contributed by atoms with Crippen molar-refractivity contribution in [3.63, 3.8) is 0 Å². The van der Waals surface area contributed by atoms with Gasteiger partial charge in [0.05, 0.1) is 12.6 Å². The number of aromatic nitrogens is 5. The molecule has 128 valence electrons. The van der Waals surface area contributed by atoms with Gasteiger partial charge in [-0.05, 0) is 32.4 Å². The average Bonchev–Trinajstić information content (AvgIpc) is 3.35. The molecule has 0 saturated carbocycles. The predicted octanol–water partition coefficient (Wildman–Crippen LogP) is 3.30. The minimum Gasteiger partial charge on any atom is -0.463 e. The molecule has 0 aliphatic carbocycles. The number of anilines is 1. The molecule has 0 saturated heterocycles. The van der Waals surface area contributed by atoms with Crippen LogP contribution >= 0.6 is 0 Å². The zero-order valence-corrected chi connectivity index (χ0v) is 14.3. The average molecular weight is 336 g/mol. The van der Waals surface area contributed by atoms with E-state index >= 15 is 0 Å². The molecule has 4 heterocycles. The van der Waals surface area contributed by atoms with E-state index in [-0.39, 0.29) is 0 Å². The lowest BCUT2D eigenvalue weighted by Gasteiger charge is -2.13. The second kappa shape index (κ2) is 6.43. The largest absolute Gasteiger partial charge is 0.463 e. The van der Waals surface area contributed by atoms with Crippen molar-refractivity contribution in [1.82, 2.24) is 24.1 Å². The molecule has 4 aromatic rings. The second-order valence-electron chi connectivity index (χ2n) is 6.03. The summed E-state index contributed by atoms with van der Waals surface area (Å²) >= 11 is 0. The molecular formula is C18H20N6O. The molecule has 4 rings (SSSR count). The molecule has 0 unspecified atom stereocenters. The lowest BCUT2D eigenvalue weighted by Crippen LogP contribution is -2.12. The van der Waals surface area contributed by atoms with Gasteiger partial charge >= 0.3 is 0 Å². The van der Waals surface area contributed by atoms with Crippen LogP contribution in [0.25, 0.3) is 17.1 Å². The summed E-state index contributed by atoms with van der Waals surface area (Å²) in [6.45, 7) is 5.85. The summed E-state index contributed by atoms with van der Waals surface area (Å²) in [6.07, 6.45) is 8.25. The van der Waals surface area contributed by atoms with E-state index in [1.54, 1.807) is 12.5 Å². The van der Waals surface area contributed by atoms with Gasteiger partial charge in [0.15, 0.2) is 11.4 Å². The van der Waals surface area contributed by atoms with Gasteiger partial charge in [-0.3, -0.25) is 0 Å². The number of aryl methyl sites for hydroxylation is 2. The molecule has 7 nitrogen and oxygen atoms in total. The third kappa shape index (κ3) is 3.00. The van der Waals surface area contributed by atoms with Crippen LogP contribution in [0.4, 0.5) is 5.82 Å². The second-order valence-corrected chi connectivity index (χ2v) is 6.03. The van der Waals surface area contributed by atoms with Gasteiger partial charge < -0.3 is 14.3 Å². The minimum atomic E-state index is 0.742. The number of imidazole rings is 1. The standard InChI is InChI=1S/C18H20N6O/c1-13-14(2)21-17-11-15(16-5-3-10-25-16)22-24(17)18(13)20-6-4-8-23-9-7-19-12-23/h3,5,7,9-12,20H,4,6,8H2,1-2H3. The highest BCUT2D eigenvalue weighted by molar-refractivity contribution is 5.63. The molecule has 0 aliphatic rings. The first-order valence-corrected chi connectivity index (χ1v) is 8.33. The summed E-state index contributed by atoms with van der Waals surface area (Å²) in [4.78, 5) is 8.71. The van der Waals surface area contributed by atoms with E-state index < -0.39 is 0 Å². The molecule has 7 heteroatoms. The maximum atomic E-state index is 5.46. The number of rotatable bonds is 6. The molecule has 0 aliphatic heterocycles. The van der Waals surface area contributed by atoms with Gasteiger partial charge in [0.25, 0.3) is 0 Å². The Balaban J connectivity index is 1.58. The fourth-order valence-electron chi connectivity index (χ4n) is 2.84. The quantitative estimate of drug-likeness (QED) is 0.547. The lowest BCUT2D eigenvalue weighted by molar-refractivity contribution is 0.579. The normalized spacial score (nSPS) is 11.3. The van der Waals surface area contributed by atoms with E-state index in [2.05, 4.69) is 31.9 Å². The number of nitrogens with zero attached hydrogens (tertiary/aromatic N) is 5. The lowest BCUT2D eigenvalue weighted by atomic mass is 10.2. The maximum absolute atomic E-state index is 5.46. The smallest absolute Gasteiger partial charge is 0.158 e. The van der Waals surface area contributed by atoms with Crippen molar-refractivity contribution < 1.29 is 4.42 Å². The summed E-state index contributed by atoms with van der Waals surface area (Å²) in [5.74, 6) is 1.72. The van der Waals surface area contributed by atoms with Crippen molar-refractivity contribution in [2.75, 3.05) is 11.9 Å². The zero-order valence-electron chi connectivity index (χ0n) is 14.3. The van der Waals surface area contributed by atoms with Crippen LogP contribution in [0.1, 0.15) is 17.7 Å². The minimum absolute atomic E-state index is 0.742. The third-order valence-corrected chi connectivity index (χ3v) is 4.30. The Hall–Kier alpha value is -3.09. The molecule has 4 aromatic heterocycles. The van der Waals surface area contributed by atoms with E-state index in [9.17, 15) is 0 Å². The van der Waals surface area contributed by atoms with E-state index in [0.29, 0.717) is 0 Å². The number of furan rings is 1. The summed E-state index contributed by atoms with van der Waals surface area (Å²) in [6, 6.07) is 5.71. The molecule has 0 bridgehead atoms. The van der Waals surface area contributed by atoms with Crippen LogP contribution in [0.3, 0.4) is 0 Å². The van der Waals surface area contributed by atoms with Crippen LogP contribution < -0.4 is 5.32 Å². The molecule has 0 amide bonds. The predicted molar refractivity (Wildman–Crippen MR) is 95.5 cm³/mol. The highest BCUT2D eigenvalue weighted by Crippen LogP contribution is 2.24. The highest BCUT2D eigenvalue weighted by atomic mass is 16.3. The Bertz CT molecular complexity index is 969. The Morgan fingerprint density at radius 2 is 2.20 bits per heavy atom. The molecule has 0 fully saturated rings. The maximum Gasteiger partial charge on any atom is 0.158 e. The molecule has 1 N–H and O–H groups in total. The van der Waals surface area contributed by atoms with E-state index in [0.717, 1.165) is 53.7 Å². The van der Waals surface area contributed by atoms with Gasteiger partial charge in [-0.1, -0.05) is 0 Å². The zero-order chi connectivity index (χ0) is 17.2. The summed E-state index contributed by atoms with van der Waals surface area (Å²) < 4.78 is 9.39. The van der Waals surface area contributed by atoms with Crippen molar-refractivity contribution in [3.8, 4) is 11.5 Å². The molecular weight excluding hydrogens is 316 g/mol. The van der Waals surface area contributed by atoms with Crippen LogP contribution in [0.15, 0.2) is 47.6 Å². The fraction of sp³-hybridized carbons (Fsp3) is 0.278. The van der Waals surface area contributed by atoms with Crippen molar-refractivity contribution >= 4 is 11.5 Å².